The SMILES string of the molecule is Cc1csc2nc(CN(CCCO)C(c3ccccc3)c3ccccc3)cc(=O)n12. The third-order valence-corrected chi connectivity index (χ3v) is 6.14. The summed E-state index contributed by atoms with van der Waals surface area (Å²) >= 11 is 1.48. The predicted octanol–water partition coefficient (Wildman–Crippen LogP) is 4.04. The molecule has 0 atom stereocenters. The first-order chi connectivity index (χ1) is 14.7. The van der Waals surface area contributed by atoms with Crippen molar-refractivity contribution in [3.05, 3.63) is 105 Å². The van der Waals surface area contributed by atoms with Gasteiger partial charge in [-0.15, -0.1) is 11.3 Å². The molecule has 1 N–H and O–H groups in total. The Balaban J connectivity index is 1.75. The molecule has 2 aromatic carbocycles. The molecule has 5 nitrogen and oxygen atoms in total. The van der Waals surface area contributed by atoms with E-state index in [0.29, 0.717) is 24.5 Å². The molecule has 0 aliphatic heterocycles. The monoisotopic (exact) mass is 419 g/mol. The number of hydrogen-bond donors (Lipinski definition) is 1. The number of fused-ring (bicyclic) bond motifs is 1. The van der Waals surface area contributed by atoms with Gasteiger partial charge in [0.1, 0.15) is 0 Å². The second-order valence-electron chi connectivity index (χ2n) is 7.35. The summed E-state index contributed by atoms with van der Waals surface area (Å²) in [7, 11) is 0. The first-order valence-corrected chi connectivity index (χ1v) is 11.0. The lowest BCUT2D eigenvalue weighted by atomic mass is 9.96. The first-order valence-electron chi connectivity index (χ1n) is 10.1. The van der Waals surface area contributed by atoms with Crippen LogP contribution in [0.5, 0.6) is 0 Å². The van der Waals surface area contributed by atoms with E-state index in [2.05, 4.69) is 29.2 Å². The molecule has 4 rings (SSSR count). The molecule has 0 amide bonds. The number of hydrogen-bond acceptors (Lipinski definition) is 5. The lowest BCUT2D eigenvalue weighted by Gasteiger charge is -2.32. The summed E-state index contributed by atoms with van der Waals surface area (Å²) in [6, 6.07) is 22.3. The topological polar surface area (TPSA) is 57.8 Å². The Hall–Kier alpha value is -2.80. The molecule has 0 saturated carbocycles. The minimum atomic E-state index is -0.0492. The summed E-state index contributed by atoms with van der Waals surface area (Å²) in [5, 5.41) is 11.5. The normalized spacial score (nSPS) is 11.6. The molecule has 30 heavy (non-hydrogen) atoms. The Morgan fingerprint density at radius 2 is 1.70 bits per heavy atom. The Labute approximate surface area is 179 Å². The van der Waals surface area contributed by atoms with Crippen LogP contribution in [-0.2, 0) is 6.54 Å². The third kappa shape index (κ3) is 4.36. The van der Waals surface area contributed by atoms with Gasteiger partial charge < -0.3 is 5.11 Å². The predicted molar refractivity (Wildman–Crippen MR) is 121 cm³/mol. The molecule has 0 fully saturated rings. The number of aryl methyl sites for hydroxylation is 1. The molecule has 0 bridgehead atoms. The van der Waals surface area contributed by atoms with Crippen LogP contribution in [0.1, 0.15) is 35.0 Å². The van der Waals surface area contributed by atoms with Crippen LogP contribution < -0.4 is 5.56 Å². The van der Waals surface area contributed by atoms with E-state index in [1.165, 1.54) is 22.5 Å². The zero-order valence-electron chi connectivity index (χ0n) is 16.9. The van der Waals surface area contributed by atoms with Crippen LogP contribution in [0.2, 0.25) is 0 Å². The Morgan fingerprint density at radius 3 is 2.30 bits per heavy atom. The number of nitrogens with zero attached hydrogens (tertiary/aromatic N) is 3. The average molecular weight is 420 g/mol. The van der Waals surface area contributed by atoms with Crippen molar-refractivity contribution in [2.45, 2.75) is 25.9 Å². The molecule has 4 aromatic rings. The van der Waals surface area contributed by atoms with Gasteiger partial charge in [-0.25, -0.2) is 4.98 Å². The zero-order valence-corrected chi connectivity index (χ0v) is 17.8. The van der Waals surface area contributed by atoms with E-state index < -0.39 is 0 Å². The van der Waals surface area contributed by atoms with Gasteiger partial charge in [-0.05, 0) is 24.5 Å². The van der Waals surface area contributed by atoms with E-state index in [-0.39, 0.29) is 18.2 Å². The quantitative estimate of drug-likeness (QED) is 0.468. The summed E-state index contributed by atoms with van der Waals surface area (Å²) in [4.78, 5) is 20.4. The first kappa shape index (κ1) is 20.5. The van der Waals surface area contributed by atoms with E-state index in [1.54, 1.807) is 10.5 Å². The van der Waals surface area contributed by atoms with E-state index >= 15 is 0 Å². The number of aliphatic hydroxyl groups is 1. The van der Waals surface area contributed by atoms with E-state index in [9.17, 15) is 9.90 Å². The highest BCUT2D eigenvalue weighted by Gasteiger charge is 2.23. The van der Waals surface area contributed by atoms with Crippen LogP contribution >= 0.6 is 11.3 Å². The molecule has 154 valence electrons. The van der Waals surface area contributed by atoms with Crippen molar-refractivity contribution in [1.82, 2.24) is 14.3 Å². The van der Waals surface area contributed by atoms with Gasteiger partial charge in [0.15, 0.2) is 4.96 Å². The standard InChI is InChI=1S/C24H25N3O2S/c1-18-17-30-24-25-21(15-22(29)27(18)24)16-26(13-8-14-28)23(19-9-4-2-5-10-19)20-11-6-3-7-12-20/h2-7,9-12,15,17,23,28H,8,13-14,16H2,1H3. The maximum absolute atomic E-state index is 12.7. The van der Waals surface area contributed by atoms with Gasteiger partial charge in [0.25, 0.3) is 5.56 Å². The van der Waals surface area contributed by atoms with Crippen molar-refractivity contribution < 1.29 is 5.11 Å². The van der Waals surface area contributed by atoms with Crippen molar-refractivity contribution in [2.24, 2.45) is 0 Å². The smallest absolute Gasteiger partial charge is 0.259 e. The van der Waals surface area contributed by atoms with Crippen LogP contribution in [0, 0.1) is 6.92 Å². The minimum Gasteiger partial charge on any atom is -0.396 e. The van der Waals surface area contributed by atoms with Crippen molar-refractivity contribution in [3.8, 4) is 0 Å². The van der Waals surface area contributed by atoms with Crippen molar-refractivity contribution >= 4 is 16.3 Å². The molecular formula is C24H25N3O2S. The number of aromatic nitrogens is 2. The number of aliphatic hydroxyl groups excluding tert-OH is 1. The molecule has 0 aliphatic carbocycles. The maximum atomic E-state index is 12.7. The van der Waals surface area contributed by atoms with Crippen molar-refractivity contribution in [2.75, 3.05) is 13.2 Å². The maximum Gasteiger partial charge on any atom is 0.259 e. The fraction of sp³-hybridized carbons (Fsp3) is 0.250. The summed E-state index contributed by atoms with van der Waals surface area (Å²) in [5.41, 5.74) is 3.95. The number of rotatable bonds is 8. The molecule has 0 radical (unpaired) electrons. The molecule has 0 spiro atoms. The van der Waals surface area contributed by atoms with Crippen LogP contribution in [0.4, 0.5) is 0 Å². The van der Waals surface area contributed by atoms with E-state index in [4.69, 9.17) is 4.98 Å². The fourth-order valence-electron chi connectivity index (χ4n) is 3.85. The van der Waals surface area contributed by atoms with Crippen LogP contribution in [0.3, 0.4) is 0 Å². The van der Waals surface area contributed by atoms with Crippen molar-refractivity contribution in [3.63, 3.8) is 0 Å². The zero-order chi connectivity index (χ0) is 20.9. The lowest BCUT2D eigenvalue weighted by molar-refractivity contribution is 0.185. The van der Waals surface area contributed by atoms with Gasteiger partial charge in [-0.2, -0.15) is 0 Å². The lowest BCUT2D eigenvalue weighted by Crippen LogP contribution is -2.32. The highest BCUT2D eigenvalue weighted by molar-refractivity contribution is 7.15. The van der Waals surface area contributed by atoms with Gasteiger partial charge in [0.05, 0.1) is 11.7 Å². The molecule has 6 heteroatoms. The summed E-state index contributed by atoms with van der Waals surface area (Å²) in [5.74, 6) is 0. The molecule has 0 saturated heterocycles. The van der Waals surface area contributed by atoms with Gasteiger partial charge in [-0.1, -0.05) is 60.7 Å². The van der Waals surface area contributed by atoms with E-state index in [1.807, 2.05) is 48.7 Å². The average Bonchev–Trinajstić information content (AvgIpc) is 3.14. The number of benzene rings is 2. The molecular weight excluding hydrogens is 394 g/mol. The fourth-order valence-corrected chi connectivity index (χ4v) is 4.74. The van der Waals surface area contributed by atoms with Crippen LogP contribution in [-0.4, -0.2) is 32.5 Å². The molecule has 2 heterocycles. The molecule has 0 unspecified atom stereocenters. The minimum absolute atomic E-state index is 0.00396. The highest BCUT2D eigenvalue weighted by atomic mass is 32.1. The Bertz CT molecular complexity index is 1120. The largest absolute Gasteiger partial charge is 0.396 e. The summed E-state index contributed by atoms with van der Waals surface area (Å²) < 4.78 is 1.65. The highest BCUT2D eigenvalue weighted by Crippen LogP contribution is 2.30. The third-order valence-electron chi connectivity index (χ3n) is 5.19. The van der Waals surface area contributed by atoms with Gasteiger partial charge in [-0.3, -0.25) is 14.1 Å². The molecule has 0 aliphatic rings. The number of thiazole rings is 1. The summed E-state index contributed by atoms with van der Waals surface area (Å²) in [6.07, 6.45) is 0.648. The second-order valence-corrected chi connectivity index (χ2v) is 8.19. The van der Waals surface area contributed by atoms with E-state index in [0.717, 1.165) is 11.4 Å². The van der Waals surface area contributed by atoms with Crippen molar-refractivity contribution in [1.29, 1.82) is 0 Å². The van der Waals surface area contributed by atoms with Gasteiger partial charge >= 0.3 is 0 Å². The van der Waals surface area contributed by atoms with Gasteiger partial charge in [0, 0.05) is 36.8 Å². The van der Waals surface area contributed by atoms with Gasteiger partial charge in [0.2, 0.25) is 0 Å². The Kier molecular flexibility index (Phi) is 6.38. The van der Waals surface area contributed by atoms with Crippen LogP contribution in [0.25, 0.3) is 4.96 Å². The molecule has 2 aromatic heterocycles. The summed E-state index contributed by atoms with van der Waals surface area (Å²) in [6.45, 7) is 3.25. The second kappa shape index (κ2) is 9.34. The van der Waals surface area contributed by atoms with Crippen LogP contribution in [0.15, 0.2) is 76.9 Å². The Morgan fingerprint density at radius 1 is 1.07 bits per heavy atom.